The molecule has 0 spiro atoms. The van der Waals surface area contributed by atoms with Crippen molar-refractivity contribution in [2.45, 2.75) is 32.7 Å². The monoisotopic (exact) mass is 421 g/mol. The number of rotatable bonds is 2. The Morgan fingerprint density at radius 1 is 1.17 bits per heavy atom. The zero-order valence-electron chi connectivity index (χ0n) is 16.9. The van der Waals surface area contributed by atoms with Crippen LogP contribution in [0.15, 0.2) is 36.4 Å². The fourth-order valence-electron chi connectivity index (χ4n) is 4.17. The number of fused-ring (bicyclic) bond motifs is 2. The normalized spacial score (nSPS) is 15.8. The molecule has 2 bridgehead atoms. The lowest BCUT2D eigenvalue weighted by atomic mass is 10.1. The smallest absolute Gasteiger partial charge is 0.329 e. The summed E-state index contributed by atoms with van der Waals surface area (Å²) in [7, 11) is 0. The third-order valence-electron chi connectivity index (χ3n) is 5.86. The summed E-state index contributed by atoms with van der Waals surface area (Å²) >= 11 is 1.49. The van der Waals surface area contributed by atoms with Gasteiger partial charge in [0.15, 0.2) is 10.9 Å². The Morgan fingerprint density at radius 2 is 1.97 bits per heavy atom. The van der Waals surface area contributed by atoms with Crippen LogP contribution < -0.4 is 15.1 Å². The number of aromatic hydroxyl groups is 1. The highest BCUT2D eigenvalue weighted by molar-refractivity contribution is 7.15. The average Bonchev–Trinajstić information content (AvgIpc) is 2.90. The van der Waals surface area contributed by atoms with Gasteiger partial charge in [-0.05, 0) is 51.0 Å². The highest BCUT2D eigenvalue weighted by Gasteiger charge is 2.37. The van der Waals surface area contributed by atoms with E-state index in [2.05, 4.69) is 15.2 Å². The molecule has 0 unspecified atom stereocenters. The number of thiazole rings is 1. The minimum absolute atomic E-state index is 0.0941. The number of piperidine rings is 1. The van der Waals surface area contributed by atoms with Gasteiger partial charge in [0.05, 0.1) is 17.1 Å². The molecule has 0 aliphatic carbocycles. The van der Waals surface area contributed by atoms with Crippen molar-refractivity contribution in [3.63, 3.8) is 0 Å². The Hall–Kier alpha value is -3.13. The van der Waals surface area contributed by atoms with Crippen molar-refractivity contribution in [1.82, 2.24) is 9.97 Å². The first-order valence-corrected chi connectivity index (χ1v) is 10.9. The Labute approximate surface area is 179 Å². The maximum atomic E-state index is 13.4. The first-order valence-electron chi connectivity index (χ1n) is 10.1. The van der Waals surface area contributed by atoms with Crippen molar-refractivity contribution < 1.29 is 9.90 Å². The van der Waals surface area contributed by atoms with Gasteiger partial charge in [-0.3, -0.25) is 10.2 Å². The second kappa shape index (κ2) is 7.28. The molecule has 5 heterocycles. The van der Waals surface area contributed by atoms with E-state index in [1.54, 1.807) is 23.1 Å². The fraction of sp³-hybridized carbons (Fsp3) is 0.318. The van der Waals surface area contributed by atoms with Crippen molar-refractivity contribution in [1.29, 1.82) is 0 Å². The minimum atomic E-state index is -0.195. The number of nitrogens with one attached hydrogen (secondary N) is 1. The molecule has 2 N–H and O–H groups in total. The molecule has 6 rings (SSSR count). The number of carbonyl (C=O) groups is 1. The first-order chi connectivity index (χ1) is 14.5. The Morgan fingerprint density at radius 3 is 2.67 bits per heavy atom. The van der Waals surface area contributed by atoms with Crippen LogP contribution in [-0.2, 0) is 0 Å². The van der Waals surface area contributed by atoms with Gasteiger partial charge < -0.3 is 10.0 Å². The molecule has 1 aromatic carbocycles. The van der Waals surface area contributed by atoms with Crippen molar-refractivity contribution in [2.75, 3.05) is 28.2 Å². The molecular formula is C22H23N5O2S. The second-order valence-corrected chi connectivity index (χ2v) is 8.97. The lowest BCUT2D eigenvalue weighted by Crippen LogP contribution is -2.46. The molecule has 7 nitrogen and oxygen atoms in total. The van der Waals surface area contributed by atoms with Crippen molar-refractivity contribution in [3.05, 3.63) is 47.0 Å². The molecule has 0 atom stereocenters. The van der Waals surface area contributed by atoms with Gasteiger partial charge in [-0.25, -0.2) is 14.8 Å². The Kier molecular flexibility index (Phi) is 4.58. The minimum Gasteiger partial charge on any atom is -0.508 e. The molecule has 0 saturated carbocycles. The standard InChI is InChI=1S/C22H23N5O2S/c1-13-14(2)30-21(23-13)25-22(29)27-16-8-10-26(11-9-16)19-7-6-18(24-20(19)27)15-4-3-5-17(28)12-15/h3-7,12,16,28H,8-11H2,1-2H3,(H,23,25,29). The van der Waals surface area contributed by atoms with Gasteiger partial charge in [-0.15, -0.1) is 11.3 Å². The van der Waals surface area contributed by atoms with Gasteiger partial charge >= 0.3 is 6.03 Å². The maximum Gasteiger partial charge on any atom is 0.329 e. The van der Waals surface area contributed by atoms with Crippen LogP contribution in [0.3, 0.4) is 0 Å². The Balaban J connectivity index is 1.56. The van der Waals surface area contributed by atoms with E-state index < -0.39 is 0 Å². The summed E-state index contributed by atoms with van der Waals surface area (Å²) in [5.41, 5.74) is 3.45. The van der Waals surface area contributed by atoms with E-state index in [4.69, 9.17) is 4.98 Å². The average molecular weight is 422 g/mol. The van der Waals surface area contributed by atoms with Crippen molar-refractivity contribution in [3.8, 4) is 17.0 Å². The SMILES string of the molecule is Cc1nc(NC(=O)N2c3nc(-c4cccc(O)c4)ccc3N3CCC2CC3)sc1C. The lowest BCUT2D eigenvalue weighted by Gasteiger charge is -2.31. The van der Waals surface area contributed by atoms with E-state index in [0.717, 1.165) is 53.4 Å². The van der Waals surface area contributed by atoms with Crippen LogP contribution in [0.2, 0.25) is 0 Å². The number of urea groups is 1. The molecule has 3 aliphatic heterocycles. The third kappa shape index (κ3) is 3.27. The molecule has 30 heavy (non-hydrogen) atoms. The maximum absolute atomic E-state index is 13.4. The van der Waals surface area contributed by atoms with Crippen LogP contribution in [0.1, 0.15) is 23.4 Å². The number of hydrogen-bond donors (Lipinski definition) is 2. The van der Waals surface area contributed by atoms with Crippen molar-refractivity contribution >= 4 is 34.0 Å². The zero-order chi connectivity index (χ0) is 20.8. The summed E-state index contributed by atoms with van der Waals surface area (Å²) in [6, 6.07) is 10.9. The lowest BCUT2D eigenvalue weighted by molar-refractivity contribution is 0.253. The number of hydrogen-bond acceptors (Lipinski definition) is 6. The quantitative estimate of drug-likeness (QED) is 0.634. The topological polar surface area (TPSA) is 81.6 Å². The van der Waals surface area contributed by atoms with E-state index in [1.807, 2.05) is 32.0 Å². The summed E-state index contributed by atoms with van der Waals surface area (Å²) in [6.07, 6.45) is 1.81. The zero-order valence-corrected chi connectivity index (χ0v) is 17.7. The van der Waals surface area contributed by atoms with Gasteiger partial charge in [0.2, 0.25) is 0 Å². The van der Waals surface area contributed by atoms with Crippen LogP contribution in [0.5, 0.6) is 5.75 Å². The van der Waals surface area contributed by atoms with E-state index in [-0.39, 0.29) is 17.8 Å². The van der Waals surface area contributed by atoms with Crippen LogP contribution in [0.4, 0.5) is 21.4 Å². The molecule has 1 saturated heterocycles. The van der Waals surface area contributed by atoms with Gasteiger partial charge in [0, 0.05) is 29.6 Å². The van der Waals surface area contributed by atoms with E-state index in [0.29, 0.717) is 10.9 Å². The fourth-order valence-corrected chi connectivity index (χ4v) is 4.97. The number of carbonyl (C=O) groups excluding carboxylic acids is 1. The van der Waals surface area contributed by atoms with Crippen molar-refractivity contribution in [2.24, 2.45) is 0 Å². The number of aryl methyl sites for hydroxylation is 2. The molecule has 8 heteroatoms. The molecular weight excluding hydrogens is 398 g/mol. The number of benzene rings is 1. The van der Waals surface area contributed by atoms with Gasteiger partial charge in [0.25, 0.3) is 0 Å². The van der Waals surface area contributed by atoms with Crippen LogP contribution in [0, 0.1) is 13.8 Å². The molecule has 3 aromatic rings. The molecule has 1 fully saturated rings. The van der Waals surface area contributed by atoms with E-state index in [1.165, 1.54) is 11.3 Å². The number of nitrogens with zero attached hydrogens (tertiary/aromatic N) is 4. The molecule has 3 aliphatic rings. The number of amides is 2. The van der Waals surface area contributed by atoms with Gasteiger partial charge in [-0.2, -0.15) is 0 Å². The molecule has 154 valence electrons. The molecule has 0 radical (unpaired) electrons. The predicted molar refractivity (Wildman–Crippen MR) is 120 cm³/mol. The Bertz CT molecular complexity index is 1100. The van der Waals surface area contributed by atoms with Crippen LogP contribution in [-0.4, -0.2) is 40.2 Å². The largest absolute Gasteiger partial charge is 0.508 e. The van der Waals surface area contributed by atoms with Crippen LogP contribution >= 0.6 is 11.3 Å². The highest BCUT2D eigenvalue weighted by atomic mass is 32.1. The number of pyridine rings is 1. The molecule has 2 aromatic heterocycles. The summed E-state index contributed by atoms with van der Waals surface area (Å²) in [5, 5.41) is 13.5. The first kappa shape index (κ1) is 18.9. The summed E-state index contributed by atoms with van der Waals surface area (Å²) in [4.78, 5) is 27.9. The van der Waals surface area contributed by atoms with Gasteiger partial charge in [-0.1, -0.05) is 12.1 Å². The predicted octanol–water partition coefficient (Wildman–Crippen LogP) is 4.55. The molecule has 2 amide bonds. The number of phenolic OH excluding ortho intramolecular Hbond substituents is 1. The van der Waals surface area contributed by atoms with E-state index in [9.17, 15) is 9.90 Å². The number of aromatic nitrogens is 2. The summed E-state index contributed by atoms with van der Waals surface area (Å²) in [6.45, 7) is 5.76. The third-order valence-corrected chi connectivity index (χ3v) is 6.84. The summed E-state index contributed by atoms with van der Waals surface area (Å²) in [5.74, 6) is 0.857. The number of phenols is 1. The van der Waals surface area contributed by atoms with E-state index >= 15 is 0 Å². The van der Waals surface area contributed by atoms with Gasteiger partial charge in [0.1, 0.15) is 5.75 Å². The van der Waals surface area contributed by atoms with Crippen LogP contribution in [0.25, 0.3) is 11.3 Å². The highest BCUT2D eigenvalue weighted by Crippen LogP contribution is 2.39. The number of anilines is 3. The summed E-state index contributed by atoms with van der Waals surface area (Å²) < 4.78 is 0. The second-order valence-electron chi connectivity index (χ2n) is 7.77.